The molecule has 0 heterocycles. The molecule has 0 aliphatic heterocycles. The molecule has 1 radical (unpaired) electrons. The smallest absolute Gasteiger partial charge is 0.189 e. The third-order valence-electron chi connectivity index (χ3n) is 0.993. The fourth-order valence-corrected chi connectivity index (χ4v) is 0.440. The van der Waals surface area contributed by atoms with Gasteiger partial charge >= 0.3 is 0 Å². The zero-order valence-electron chi connectivity index (χ0n) is 5.54. The minimum Gasteiger partial charge on any atom is -0.391 e. The highest BCUT2D eigenvalue weighted by Gasteiger charge is 2.20. The summed E-state index contributed by atoms with van der Waals surface area (Å²) in [5.41, 5.74) is 0. The van der Waals surface area contributed by atoms with Crippen molar-refractivity contribution < 1.29 is 15.3 Å². The van der Waals surface area contributed by atoms with Crippen LogP contribution in [0.25, 0.3) is 0 Å². The van der Waals surface area contributed by atoms with Crippen LogP contribution in [0.5, 0.6) is 0 Å². The molecule has 3 nitrogen and oxygen atoms in total. The number of rotatable bonds is 4. The first-order valence-electron chi connectivity index (χ1n) is 3.02. The van der Waals surface area contributed by atoms with Gasteiger partial charge in [-0.1, -0.05) is 13.3 Å². The molecule has 0 aromatic carbocycles. The summed E-state index contributed by atoms with van der Waals surface area (Å²) in [5.74, 6) is -1.98. The van der Waals surface area contributed by atoms with E-state index in [1.807, 2.05) is 6.92 Å². The van der Waals surface area contributed by atoms with Crippen LogP contribution in [0, 0.1) is 6.42 Å². The molecule has 0 fully saturated rings. The molecule has 0 spiro atoms. The second-order valence-electron chi connectivity index (χ2n) is 2.03. The van der Waals surface area contributed by atoms with Crippen molar-refractivity contribution >= 4 is 0 Å². The molecule has 0 unspecified atom stereocenters. The number of aliphatic hydroxyl groups excluding tert-OH is 1. The van der Waals surface area contributed by atoms with Gasteiger partial charge in [0.25, 0.3) is 0 Å². The lowest BCUT2D eigenvalue weighted by molar-refractivity contribution is -0.161. The predicted octanol–water partition coefficient (Wildman–Crippen LogP) is -0.336. The highest BCUT2D eigenvalue weighted by Crippen LogP contribution is 2.07. The molecule has 0 bridgehead atoms. The van der Waals surface area contributed by atoms with Crippen molar-refractivity contribution in [2.45, 2.75) is 25.6 Å². The number of aliphatic hydroxyl groups is 3. The lowest BCUT2D eigenvalue weighted by atomic mass is 10.1. The first kappa shape index (κ1) is 8.88. The van der Waals surface area contributed by atoms with Gasteiger partial charge in [-0.2, -0.15) is 0 Å². The Kier molecular flexibility index (Phi) is 3.77. The van der Waals surface area contributed by atoms with Crippen molar-refractivity contribution in [2.75, 3.05) is 6.61 Å². The maximum Gasteiger partial charge on any atom is 0.189 e. The molecule has 0 aromatic heterocycles. The Morgan fingerprint density at radius 3 is 2.33 bits per heavy atom. The van der Waals surface area contributed by atoms with E-state index in [9.17, 15) is 0 Å². The van der Waals surface area contributed by atoms with Crippen LogP contribution in [0.3, 0.4) is 0 Å². The summed E-state index contributed by atoms with van der Waals surface area (Å²) in [5, 5.41) is 25.7. The summed E-state index contributed by atoms with van der Waals surface area (Å²) in [7, 11) is 0. The summed E-state index contributed by atoms with van der Waals surface area (Å²) in [6.45, 7) is 1.29. The standard InChI is InChI=1S/C6H13O3/c1-2-3-4-6(8,9)5-7/h4,7-9H,2-3,5H2,1H3. The summed E-state index contributed by atoms with van der Waals surface area (Å²) in [6.07, 6.45) is 2.74. The minimum atomic E-state index is -1.98. The minimum absolute atomic E-state index is 0.605. The van der Waals surface area contributed by atoms with E-state index in [0.717, 1.165) is 6.42 Å². The quantitative estimate of drug-likeness (QED) is 0.460. The maximum absolute atomic E-state index is 8.70. The van der Waals surface area contributed by atoms with Crippen molar-refractivity contribution in [3.05, 3.63) is 6.42 Å². The highest BCUT2D eigenvalue weighted by molar-refractivity contribution is 4.80. The maximum atomic E-state index is 8.70. The van der Waals surface area contributed by atoms with Gasteiger partial charge in [0.2, 0.25) is 0 Å². The van der Waals surface area contributed by atoms with Gasteiger partial charge in [0, 0.05) is 6.42 Å². The fraction of sp³-hybridized carbons (Fsp3) is 0.833. The normalized spacial score (nSPS) is 12.0. The molecule has 0 aromatic rings. The number of hydrogen-bond acceptors (Lipinski definition) is 3. The van der Waals surface area contributed by atoms with E-state index in [-0.39, 0.29) is 0 Å². The van der Waals surface area contributed by atoms with Crippen LogP contribution in [0.2, 0.25) is 0 Å². The molecule has 0 aliphatic rings. The summed E-state index contributed by atoms with van der Waals surface area (Å²) in [6, 6.07) is 0. The molecule has 55 valence electrons. The van der Waals surface area contributed by atoms with Crippen LogP contribution in [-0.2, 0) is 0 Å². The fourth-order valence-electron chi connectivity index (χ4n) is 0.440. The van der Waals surface area contributed by atoms with Crippen LogP contribution >= 0.6 is 0 Å². The monoisotopic (exact) mass is 133 g/mol. The van der Waals surface area contributed by atoms with Crippen LogP contribution in [-0.4, -0.2) is 27.7 Å². The van der Waals surface area contributed by atoms with Crippen molar-refractivity contribution in [1.82, 2.24) is 0 Å². The third-order valence-corrected chi connectivity index (χ3v) is 0.993. The van der Waals surface area contributed by atoms with Gasteiger partial charge in [-0.15, -0.1) is 0 Å². The molecule has 0 saturated heterocycles. The molecule has 0 aliphatic carbocycles. The van der Waals surface area contributed by atoms with Gasteiger partial charge in [-0.25, -0.2) is 0 Å². The van der Waals surface area contributed by atoms with Gasteiger partial charge in [-0.05, 0) is 6.42 Å². The number of hydrogen-bond donors (Lipinski definition) is 3. The van der Waals surface area contributed by atoms with Crippen molar-refractivity contribution in [3.8, 4) is 0 Å². The average molecular weight is 133 g/mol. The van der Waals surface area contributed by atoms with Crippen LogP contribution in [0.4, 0.5) is 0 Å². The Bertz CT molecular complexity index is 70.7. The molecule has 3 N–H and O–H groups in total. The predicted molar refractivity (Wildman–Crippen MR) is 33.5 cm³/mol. The van der Waals surface area contributed by atoms with Gasteiger partial charge in [0.1, 0.15) is 0 Å². The van der Waals surface area contributed by atoms with E-state index in [4.69, 9.17) is 15.3 Å². The largest absolute Gasteiger partial charge is 0.391 e. The first-order valence-corrected chi connectivity index (χ1v) is 3.02. The summed E-state index contributed by atoms with van der Waals surface area (Å²) in [4.78, 5) is 0. The van der Waals surface area contributed by atoms with E-state index in [0.29, 0.717) is 6.42 Å². The SMILES string of the molecule is CCC[CH]C(O)(O)CO. The molecular formula is C6H13O3. The molecule has 9 heavy (non-hydrogen) atoms. The van der Waals surface area contributed by atoms with Crippen LogP contribution < -0.4 is 0 Å². The van der Waals surface area contributed by atoms with E-state index >= 15 is 0 Å². The Hall–Kier alpha value is -0.120. The zero-order chi connectivity index (χ0) is 7.33. The van der Waals surface area contributed by atoms with Gasteiger partial charge in [0.05, 0.1) is 6.61 Å². The van der Waals surface area contributed by atoms with Gasteiger partial charge < -0.3 is 15.3 Å². The summed E-state index contributed by atoms with van der Waals surface area (Å²) < 4.78 is 0. The lowest BCUT2D eigenvalue weighted by Gasteiger charge is -2.16. The Morgan fingerprint density at radius 2 is 2.00 bits per heavy atom. The molecule has 0 amide bonds. The molecular weight excluding hydrogens is 120 g/mol. The molecule has 0 atom stereocenters. The van der Waals surface area contributed by atoms with E-state index < -0.39 is 12.4 Å². The lowest BCUT2D eigenvalue weighted by Crippen LogP contribution is -2.32. The van der Waals surface area contributed by atoms with Gasteiger partial charge in [-0.3, -0.25) is 0 Å². The molecule has 3 heteroatoms. The molecule has 0 rings (SSSR count). The molecule has 0 saturated carbocycles. The van der Waals surface area contributed by atoms with Crippen molar-refractivity contribution in [1.29, 1.82) is 0 Å². The number of unbranched alkanes of at least 4 members (excludes halogenated alkanes) is 1. The van der Waals surface area contributed by atoms with E-state index in [1.165, 1.54) is 6.42 Å². The Morgan fingerprint density at radius 1 is 1.44 bits per heavy atom. The van der Waals surface area contributed by atoms with E-state index in [2.05, 4.69) is 0 Å². The highest BCUT2D eigenvalue weighted by atomic mass is 16.5. The topological polar surface area (TPSA) is 60.7 Å². The van der Waals surface area contributed by atoms with E-state index in [1.54, 1.807) is 0 Å². The first-order chi connectivity index (χ1) is 4.12. The zero-order valence-corrected chi connectivity index (χ0v) is 5.54. The second kappa shape index (κ2) is 3.82. The summed E-state index contributed by atoms with van der Waals surface area (Å²) >= 11 is 0. The Balaban J connectivity index is 3.33. The average Bonchev–Trinajstić information content (AvgIpc) is 1.84. The second-order valence-corrected chi connectivity index (χ2v) is 2.03. The third kappa shape index (κ3) is 4.39. The van der Waals surface area contributed by atoms with Crippen LogP contribution in [0.15, 0.2) is 0 Å². The Labute approximate surface area is 54.9 Å². The van der Waals surface area contributed by atoms with Crippen molar-refractivity contribution in [2.24, 2.45) is 0 Å². The van der Waals surface area contributed by atoms with Crippen LogP contribution in [0.1, 0.15) is 19.8 Å². The van der Waals surface area contributed by atoms with Crippen molar-refractivity contribution in [3.63, 3.8) is 0 Å². The van der Waals surface area contributed by atoms with Gasteiger partial charge in [0.15, 0.2) is 5.79 Å².